The summed E-state index contributed by atoms with van der Waals surface area (Å²) in [5.74, 6) is 0.397. The Labute approximate surface area is 113 Å². The molecule has 1 unspecified atom stereocenters. The molecule has 0 aliphatic heterocycles. The molecule has 0 saturated heterocycles. The number of amides is 1. The number of aryl methyl sites for hydroxylation is 1. The van der Waals surface area contributed by atoms with Crippen LogP contribution >= 0.6 is 11.3 Å². The van der Waals surface area contributed by atoms with Crippen LogP contribution in [0.15, 0.2) is 12.1 Å². The molecule has 102 valence electrons. The van der Waals surface area contributed by atoms with Crippen LogP contribution in [-0.2, 0) is 6.42 Å². The molecule has 18 heavy (non-hydrogen) atoms. The first-order chi connectivity index (χ1) is 8.71. The third kappa shape index (κ3) is 4.78. The van der Waals surface area contributed by atoms with Crippen LogP contribution in [0.1, 0.15) is 47.7 Å². The van der Waals surface area contributed by atoms with E-state index in [0.29, 0.717) is 12.5 Å². The Hall–Kier alpha value is -0.870. The number of aliphatic hydroxyl groups is 1. The van der Waals surface area contributed by atoms with Crippen molar-refractivity contribution in [2.24, 2.45) is 5.92 Å². The largest absolute Gasteiger partial charge is 0.396 e. The van der Waals surface area contributed by atoms with Gasteiger partial charge in [0, 0.05) is 18.0 Å². The highest BCUT2D eigenvalue weighted by Gasteiger charge is 2.12. The zero-order chi connectivity index (χ0) is 13.4. The van der Waals surface area contributed by atoms with Gasteiger partial charge in [-0.1, -0.05) is 20.3 Å². The van der Waals surface area contributed by atoms with E-state index in [0.717, 1.165) is 30.6 Å². The standard InChI is InChI=1S/C14H23NO2S/c1-3-5-11(8-9-16)10-15-14(17)13-7-6-12(4-2)18-13/h6-7,11,16H,3-5,8-10H2,1-2H3,(H,15,17). The van der Waals surface area contributed by atoms with E-state index in [4.69, 9.17) is 5.11 Å². The molecule has 0 fully saturated rings. The normalized spacial score (nSPS) is 12.4. The van der Waals surface area contributed by atoms with E-state index < -0.39 is 0 Å². The van der Waals surface area contributed by atoms with Crippen LogP contribution in [0.3, 0.4) is 0 Å². The van der Waals surface area contributed by atoms with Crippen molar-refractivity contribution in [3.05, 3.63) is 21.9 Å². The van der Waals surface area contributed by atoms with Crippen molar-refractivity contribution in [3.63, 3.8) is 0 Å². The van der Waals surface area contributed by atoms with Crippen LogP contribution in [-0.4, -0.2) is 24.2 Å². The molecular formula is C14H23NO2S. The van der Waals surface area contributed by atoms with Gasteiger partial charge < -0.3 is 10.4 Å². The quantitative estimate of drug-likeness (QED) is 0.762. The number of nitrogens with one attached hydrogen (secondary N) is 1. The van der Waals surface area contributed by atoms with Gasteiger partial charge in [-0.25, -0.2) is 0 Å². The third-order valence-electron chi connectivity index (χ3n) is 3.02. The summed E-state index contributed by atoms with van der Waals surface area (Å²) in [6.45, 7) is 5.07. The minimum atomic E-state index is 0.0127. The summed E-state index contributed by atoms with van der Waals surface area (Å²) in [5.41, 5.74) is 0. The van der Waals surface area contributed by atoms with Gasteiger partial charge in [-0.3, -0.25) is 4.79 Å². The monoisotopic (exact) mass is 269 g/mol. The molecule has 1 amide bonds. The molecule has 1 aromatic heterocycles. The SMILES string of the molecule is CCCC(CCO)CNC(=O)c1ccc(CC)s1. The number of rotatable bonds is 8. The van der Waals surface area contributed by atoms with E-state index in [-0.39, 0.29) is 12.5 Å². The average molecular weight is 269 g/mol. The molecule has 1 heterocycles. The Morgan fingerprint density at radius 2 is 2.17 bits per heavy atom. The van der Waals surface area contributed by atoms with Crippen LogP contribution in [0.4, 0.5) is 0 Å². The zero-order valence-electron chi connectivity index (χ0n) is 11.2. The van der Waals surface area contributed by atoms with Gasteiger partial charge in [0.1, 0.15) is 0 Å². The lowest BCUT2D eigenvalue weighted by Crippen LogP contribution is -2.29. The molecule has 1 aromatic rings. The smallest absolute Gasteiger partial charge is 0.261 e. The number of hydrogen-bond donors (Lipinski definition) is 2. The molecule has 0 bridgehead atoms. The second kappa shape index (κ2) is 8.27. The molecule has 0 aromatic carbocycles. The minimum absolute atomic E-state index is 0.0127. The van der Waals surface area contributed by atoms with Crippen molar-refractivity contribution in [1.82, 2.24) is 5.32 Å². The Kier molecular flexibility index (Phi) is 6.98. The summed E-state index contributed by atoms with van der Waals surface area (Å²) in [6, 6.07) is 3.90. The molecule has 1 rings (SSSR count). The predicted molar refractivity (Wildman–Crippen MR) is 76.1 cm³/mol. The molecule has 0 radical (unpaired) electrons. The maximum absolute atomic E-state index is 11.9. The highest BCUT2D eigenvalue weighted by molar-refractivity contribution is 7.14. The summed E-state index contributed by atoms with van der Waals surface area (Å²) >= 11 is 1.56. The van der Waals surface area contributed by atoms with Crippen LogP contribution in [0.25, 0.3) is 0 Å². The topological polar surface area (TPSA) is 49.3 Å². The summed E-state index contributed by atoms with van der Waals surface area (Å²) in [7, 11) is 0. The second-order valence-corrected chi connectivity index (χ2v) is 5.66. The van der Waals surface area contributed by atoms with Crippen molar-refractivity contribution < 1.29 is 9.90 Å². The molecule has 4 heteroatoms. The van der Waals surface area contributed by atoms with Gasteiger partial charge in [0.2, 0.25) is 0 Å². The Morgan fingerprint density at radius 3 is 2.72 bits per heavy atom. The van der Waals surface area contributed by atoms with E-state index in [2.05, 4.69) is 19.2 Å². The average Bonchev–Trinajstić information content (AvgIpc) is 2.85. The Morgan fingerprint density at radius 1 is 1.39 bits per heavy atom. The van der Waals surface area contributed by atoms with Gasteiger partial charge in [-0.2, -0.15) is 0 Å². The lowest BCUT2D eigenvalue weighted by atomic mass is 10.0. The van der Waals surface area contributed by atoms with Crippen LogP contribution in [0, 0.1) is 5.92 Å². The lowest BCUT2D eigenvalue weighted by Gasteiger charge is -2.15. The Balaban J connectivity index is 2.43. The molecule has 0 aliphatic carbocycles. The summed E-state index contributed by atoms with van der Waals surface area (Å²) in [4.78, 5) is 13.9. The van der Waals surface area contributed by atoms with Gasteiger partial charge in [0.25, 0.3) is 5.91 Å². The molecule has 0 aliphatic rings. The van der Waals surface area contributed by atoms with Crippen LogP contribution in [0.2, 0.25) is 0 Å². The van der Waals surface area contributed by atoms with Gasteiger partial charge in [0.05, 0.1) is 4.88 Å². The number of carbonyl (C=O) groups is 1. The fraction of sp³-hybridized carbons (Fsp3) is 0.643. The van der Waals surface area contributed by atoms with E-state index >= 15 is 0 Å². The zero-order valence-corrected chi connectivity index (χ0v) is 12.1. The van der Waals surface area contributed by atoms with Crippen molar-refractivity contribution in [2.75, 3.05) is 13.2 Å². The predicted octanol–water partition coefficient (Wildman–Crippen LogP) is 2.84. The van der Waals surface area contributed by atoms with Crippen molar-refractivity contribution in [2.45, 2.75) is 39.5 Å². The molecule has 2 N–H and O–H groups in total. The third-order valence-corrected chi connectivity index (χ3v) is 4.25. The highest BCUT2D eigenvalue weighted by atomic mass is 32.1. The minimum Gasteiger partial charge on any atom is -0.396 e. The number of hydrogen-bond acceptors (Lipinski definition) is 3. The maximum atomic E-state index is 11.9. The van der Waals surface area contributed by atoms with Crippen molar-refractivity contribution in [3.8, 4) is 0 Å². The summed E-state index contributed by atoms with van der Waals surface area (Å²) < 4.78 is 0. The number of aliphatic hydroxyl groups excluding tert-OH is 1. The van der Waals surface area contributed by atoms with Gasteiger partial charge >= 0.3 is 0 Å². The van der Waals surface area contributed by atoms with Gasteiger partial charge in [-0.05, 0) is 37.3 Å². The molecule has 1 atom stereocenters. The fourth-order valence-corrected chi connectivity index (χ4v) is 2.82. The van der Waals surface area contributed by atoms with Crippen molar-refractivity contribution in [1.29, 1.82) is 0 Å². The molecule has 3 nitrogen and oxygen atoms in total. The van der Waals surface area contributed by atoms with E-state index in [9.17, 15) is 4.79 Å². The van der Waals surface area contributed by atoms with E-state index in [1.807, 2.05) is 12.1 Å². The van der Waals surface area contributed by atoms with Gasteiger partial charge in [-0.15, -0.1) is 11.3 Å². The molecule has 0 saturated carbocycles. The highest BCUT2D eigenvalue weighted by Crippen LogP contribution is 2.17. The second-order valence-electron chi connectivity index (χ2n) is 4.50. The van der Waals surface area contributed by atoms with Crippen molar-refractivity contribution >= 4 is 17.2 Å². The number of thiophene rings is 1. The van der Waals surface area contributed by atoms with E-state index in [1.54, 1.807) is 11.3 Å². The number of carbonyl (C=O) groups excluding carboxylic acids is 1. The maximum Gasteiger partial charge on any atom is 0.261 e. The lowest BCUT2D eigenvalue weighted by molar-refractivity contribution is 0.0947. The first kappa shape index (κ1) is 15.2. The molecule has 0 spiro atoms. The summed E-state index contributed by atoms with van der Waals surface area (Å²) in [6.07, 6.45) is 3.87. The van der Waals surface area contributed by atoms with E-state index in [1.165, 1.54) is 4.88 Å². The first-order valence-electron chi connectivity index (χ1n) is 6.69. The Bertz CT molecular complexity index is 356. The van der Waals surface area contributed by atoms with Crippen LogP contribution in [0.5, 0.6) is 0 Å². The fourth-order valence-electron chi connectivity index (χ4n) is 1.95. The van der Waals surface area contributed by atoms with Crippen LogP contribution < -0.4 is 5.32 Å². The van der Waals surface area contributed by atoms with Gasteiger partial charge in [0.15, 0.2) is 0 Å². The first-order valence-corrected chi connectivity index (χ1v) is 7.50. The summed E-state index contributed by atoms with van der Waals surface area (Å²) in [5, 5.41) is 11.9. The molecular weight excluding hydrogens is 246 g/mol.